The Morgan fingerprint density at radius 2 is 1.79 bits per heavy atom. The summed E-state index contributed by atoms with van der Waals surface area (Å²) in [5.74, 6) is -0.778. The minimum absolute atomic E-state index is 0.321. The number of carbonyl (C=O) groups is 3. The molecule has 1 aliphatic heterocycles. The number of imide groups is 1. The highest BCUT2D eigenvalue weighted by atomic mass is 16.2. The van der Waals surface area contributed by atoms with Crippen molar-refractivity contribution in [3.05, 3.63) is 65.2 Å². The summed E-state index contributed by atoms with van der Waals surface area (Å²) in [5, 5.41) is 5.68. The second-order valence-electron chi connectivity index (χ2n) is 7.49. The molecule has 6 heteroatoms. The number of amides is 4. The maximum atomic E-state index is 13.3. The van der Waals surface area contributed by atoms with Crippen LogP contribution in [0, 0.1) is 13.8 Å². The van der Waals surface area contributed by atoms with Crippen molar-refractivity contribution in [2.24, 2.45) is 0 Å². The SMILES string of the molecule is CCCCC1(c2ccccc2)NC(=O)N(CC(=O)Nc2cccc(C)c2C)C1=O. The maximum absolute atomic E-state index is 13.3. The lowest BCUT2D eigenvalue weighted by atomic mass is 9.85. The van der Waals surface area contributed by atoms with Gasteiger partial charge in [0, 0.05) is 5.69 Å². The van der Waals surface area contributed by atoms with Crippen LogP contribution in [0.3, 0.4) is 0 Å². The van der Waals surface area contributed by atoms with E-state index in [4.69, 9.17) is 0 Å². The zero-order chi connectivity index (χ0) is 21.0. The Kier molecular flexibility index (Phi) is 6.01. The zero-order valence-corrected chi connectivity index (χ0v) is 17.1. The van der Waals surface area contributed by atoms with Crippen LogP contribution in [-0.4, -0.2) is 29.3 Å². The molecule has 0 spiro atoms. The molecule has 1 atom stereocenters. The summed E-state index contributed by atoms with van der Waals surface area (Å²) in [4.78, 5) is 39.6. The van der Waals surface area contributed by atoms with E-state index in [0.29, 0.717) is 12.1 Å². The van der Waals surface area contributed by atoms with Gasteiger partial charge in [0.05, 0.1) is 0 Å². The summed E-state index contributed by atoms with van der Waals surface area (Å²) in [6.07, 6.45) is 2.17. The number of hydrogen-bond donors (Lipinski definition) is 2. The fraction of sp³-hybridized carbons (Fsp3) is 0.348. The number of benzene rings is 2. The van der Waals surface area contributed by atoms with Crippen molar-refractivity contribution >= 4 is 23.5 Å². The molecule has 2 N–H and O–H groups in total. The number of aryl methyl sites for hydroxylation is 1. The van der Waals surface area contributed by atoms with Gasteiger partial charge < -0.3 is 10.6 Å². The lowest BCUT2D eigenvalue weighted by molar-refractivity contribution is -0.134. The number of nitrogens with zero attached hydrogens (tertiary/aromatic N) is 1. The molecule has 3 rings (SSSR count). The van der Waals surface area contributed by atoms with Crippen molar-refractivity contribution < 1.29 is 14.4 Å². The molecule has 2 aromatic carbocycles. The Balaban J connectivity index is 1.81. The van der Waals surface area contributed by atoms with E-state index in [-0.39, 0.29) is 12.5 Å². The highest BCUT2D eigenvalue weighted by Gasteiger charge is 2.52. The molecule has 1 unspecified atom stereocenters. The first-order chi connectivity index (χ1) is 13.9. The van der Waals surface area contributed by atoms with Crippen LogP contribution < -0.4 is 10.6 Å². The summed E-state index contributed by atoms with van der Waals surface area (Å²) in [6, 6.07) is 14.3. The van der Waals surface area contributed by atoms with Crippen LogP contribution in [0.15, 0.2) is 48.5 Å². The van der Waals surface area contributed by atoms with E-state index < -0.39 is 17.5 Å². The van der Waals surface area contributed by atoms with Gasteiger partial charge in [0.1, 0.15) is 12.1 Å². The quantitative estimate of drug-likeness (QED) is 0.701. The van der Waals surface area contributed by atoms with E-state index in [1.807, 2.05) is 69.3 Å². The fourth-order valence-electron chi connectivity index (χ4n) is 3.66. The van der Waals surface area contributed by atoms with E-state index in [2.05, 4.69) is 10.6 Å². The monoisotopic (exact) mass is 393 g/mol. The maximum Gasteiger partial charge on any atom is 0.325 e. The van der Waals surface area contributed by atoms with E-state index >= 15 is 0 Å². The van der Waals surface area contributed by atoms with Gasteiger partial charge in [0.2, 0.25) is 5.91 Å². The standard InChI is InChI=1S/C23H27N3O3/c1-4-5-14-23(18-11-7-6-8-12-18)21(28)26(22(29)25-23)15-20(27)24-19-13-9-10-16(2)17(19)3/h6-13H,4-5,14-15H2,1-3H3,(H,24,27)(H,25,29). The molecule has 0 aromatic heterocycles. The first kappa shape index (κ1) is 20.6. The van der Waals surface area contributed by atoms with Crippen LogP contribution in [0.4, 0.5) is 10.5 Å². The summed E-state index contributed by atoms with van der Waals surface area (Å²) in [5.41, 5.74) is 2.32. The summed E-state index contributed by atoms with van der Waals surface area (Å²) in [7, 11) is 0. The van der Waals surface area contributed by atoms with Gasteiger partial charge in [-0.15, -0.1) is 0 Å². The Morgan fingerprint density at radius 1 is 1.07 bits per heavy atom. The van der Waals surface area contributed by atoms with Crippen LogP contribution in [0.2, 0.25) is 0 Å². The second-order valence-corrected chi connectivity index (χ2v) is 7.49. The van der Waals surface area contributed by atoms with Crippen molar-refractivity contribution in [2.75, 3.05) is 11.9 Å². The molecule has 6 nitrogen and oxygen atoms in total. The van der Waals surface area contributed by atoms with Gasteiger partial charge in [-0.3, -0.25) is 14.5 Å². The third kappa shape index (κ3) is 4.01. The molecule has 4 amide bonds. The van der Waals surface area contributed by atoms with Gasteiger partial charge in [-0.2, -0.15) is 0 Å². The largest absolute Gasteiger partial charge is 0.325 e. The Morgan fingerprint density at radius 3 is 2.48 bits per heavy atom. The lowest BCUT2D eigenvalue weighted by Gasteiger charge is -2.27. The van der Waals surface area contributed by atoms with Gasteiger partial charge >= 0.3 is 6.03 Å². The molecular formula is C23H27N3O3. The normalized spacial score (nSPS) is 18.7. The van der Waals surface area contributed by atoms with Crippen LogP contribution in [0.5, 0.6) is 0 Å². The van der Waals surface area contributed by atoms with Crippen LogP contribution in [0.25, 0.3) is 0 Å². The first-order valence-electron chi connectivity index (χ1n) is 9.94. The number of anilines is 1. The fourth-order valence-corrected chi connectivity index (χ4v) is 3.66. The Labute approximate surface area is 171 Å². The van der Waals surface area contributed by atoms with E-state index in [1.165, 1.54) is 0 Å². The van der Waals surface area contributed by atoms with Crippen molar-refractivity contribution in [3.63, 3.8) is 0 Å². The summed E-state index contributed by atoms with van der Waals surface area (Å²) < 4.78 is 0. The molecule has 1 aliphatic rings. The topological polar surface area (TPSA) is 78.5 Å². The number of carbonyl (C=O) groups excluding carboxylic acids is 3. The molecule has 0 aliphatic carbocycles. The highest BCUT2D eigenvalue weighted by molar-refractivity contribution is 6.10. The summed E-state index contributed by atoms with van der Waals surface area (Å²) >= 11 is 0. The number of nitrogens with one attached hydrogen (secondary N) is 2. The van der Waals surface area contributed by atoms with Gasteiger partial charge in [-0.05, 0) is 43.0 Å². The van der Waals surface area contributed by atoms with Crippen molar-refractivity contribution in [2.45, 2.75) is 45.6 Å². The van der Waals surface area contributed by atoms with Crippen LogP contribution in [0.1, 0.15) is 42.9 Å². The van der Waals surface area contributed by atoms with Crippen molar-refractivity contribution in [1.29, 1.82) is 0 Å². The third-order valence-electron chi connectivity index (χ3n) is 5.53. The van der Waals surface area contributed by atoms with Gasteiger partial charge in [-0.25, -0.2) is 4.79 Å². The number of unbranched alkanes of at least 4 members (excludes halogenated alkanes) is 1. The summed E-state index contributed by atoms with van der Waals surface area (Å²) in [6.45, 7) is 5.60. The van der Waals surface area contributed by atoms with E-state index in [9.17, 15) is 14.4 Å². The number of rotatable bonds is 7. The highest BCUT2D eigenvalue weighted by Crippen LogP contribution is 2.34. The van der Waals surface area contributed by atoms with Crippen molar-refractivity contribution in [3.8, 4) is 0 Å². The molecule has 1 heterocycles. The molecule has 1 saturated heterocycles. The third-order valence-corrected chi connectivity index (χ3v) is 5.53. The second kappa shape index (κ2) is 8.47. The van der Waals surface area contributed by atoms with Crippen LogP contribution in [-0.2, 0) is 15.1 Å². The first-order valence-corrected chi connectivity index (χ1v) is 9.94. The van der Waals surface area contributed by atoms with E-state index in [0.717, 1.165) is 34.4 Å². The van der Waals surface area contributed by atoms with Gasteiger partial charge in [-0.1, -0.05) is 62.2 Å². The van der Waals surface area contributed by atoms with Crippen LogP contribution >= 0.6 is 0 Å². The predicted molar refractivity (Wildman–Crippen MR) is 112 cm³/mol. The smallest absolute Gasteiger partial charge is 0.324 e. The van der Waals surface area contributed by atoms with E-state index in [1.54, 1.807) is 0 Å². The zero-order valence-electron chi connectivity index (χ0n) is 17.1. The minimum Gasteiger partial charge on any atom is -0.324 e. The Hall–Kier alpha value is -3.15. The molecule has 1 fully saturated rings. The average Bonchev–Trinajstić information content (AvgIpc) is 2.95. The average molecular weight is 393 g/mol. The Bertz CT molecular complexity index is 926. The molecule has 29 heavy (non-hydrogen) atoms. The molecule has 152 valence electrons. The van der Waals surface area contributed by atoms with Gasteiger partial charge in [0.25, 0.3) is 5.91 Å². The molecule has 0 radical (unpaired) electrons. The molecule has 0 saturated carbocycles. The molecule has 2 aromatic rings. The molecule has 0 bridgehead atoms. The predicted octanol–water partition coefficient (Wildman–Crippen LogP) is 3.88. The number of hydrogen-bond acceptors (Lipinski definition) is 3. The molecular weight excluding hydrogens is 366 g/mol. The number of urea groups is 1. The van der Waals surface area contributed by atoms with Gasteiger partial charge in [0.15, 0.2) is 0 Å². The van der Waals surface area contributed by atoms with Crippen molar-refractivity contribution in [1.82, 2.24) is 10.2 Å². The lowest BCUT2D eigenvalue weighted by Crippen LogP contribution is -2.44. The minimum atomic E-state index is -1.12.